The zero-order valence-electron chi connectivity index (χ0n) is 20.6. The molecule has 0 radical (unpaired) electrons. The van der Waals surface area contributed by atoms with Gasteiger partial charge in [0.05, 0.1) is 10.9 Å². The topological polar surface area (TPSA) is 120 Å². The number of carbonyl (C=O) groups is 2. The van der Waals surface area contributed by atoms with Crippen molar-refractivity contribution in [1.82, 2.24) is 24.1 Å². The first-order chi connectivity index (χ1) is 17.0. The Labute approximate surface area is 205 Å². The van der Waals surface area contributed by atoms with E-state index in [0.29, 0.717) is 5.56 Å². The molecular formula is C25H27FN6O4. The van der Waals surface area contributed by atoms with Gasteiger partial charge in [0.2, 0.25) is 11.7 Å². The van der Waals surface area contributed by atoms with E-state index in [9.17, 15) is 23.6 Å². The van der Waals surface area contributed by atoms with Crippen molar-refractivity contribution in [2.75, 3.05) is 5.32 Å². The Bertz CT molecular complexity index is 1630. The molecule has 2 amide bonds. The Balaban J connectivity index is 1.83. The SMILES string of the molecule is Cc1ccc(NC(=O)Cn2nc3n(C(C)C)c(=O)c4ccc(C(=O)NC(C)C)cc4n3c2=O)cc1F. The molecule has 11 heteroatoms. The minimum atomic E-state index is -0.656. The summed E-state index contributed by atoms with van der Waals surface area (Å²) in [5.74, 6) is -1.37. The molecule has 2 heterocycles. The third-order valence-corrected chi connectivity index (χ3v) is 5.67. The van der Waals surface area contributed by atoms with Crippen LogP contribution >= 0.6 is 0 Å². The minimum Gasteiger partial charge on any atom is -0.350 e. The van der Waals surface area contributed by atoms with Crippen molar-refractivity contribution in [3.63, 3.8) is 0 Å². The van der Waals surface area contributed by atoms with E-state index >= 15 is 0 Å². The summed E-state index contributed by atoms with van der Waals surface area (Å²) in [6.07, 6.45) is 0. The van der Waals surface area contributed by atoms with Crippen LogP contribution in [-0.2, 0) is 11.3 Å². The second kappa shape index (κ2) is 9.40. The lowest BCUT2D eigenvalue weighted by molar-refractivity contribution is -0.117. The Hall–Kier alpha value is -4.28. The average Bonchev–Trinajstić information content (AvgIpc) is 3.10. The molecule has 0 bridgehead atoms. The van der Waals surface area contributed by atoms with Gasteiger partial charge in [-0.2, -0.15) is 0 Å². The molecule has 0 aliphatic rings. The van der Waals surface area contributed by atoms with E-state index in [1.165, 1.54) is 39.3 Å². The quantitative estimate of drug-likeness (QED) is 0.427. The van der Waals surface area contributed by atoms with Crippen LogP contribution in [0, 0.1) is 12.7 Å². The van der Waals surface area contributed by atoms with Gasteiger partial charge in [0, 0.05) is 23.3 Å². The van der Waals surface area contributed by atoms with Crippen LogP contribution in [0.5, 0.6) is 0 Å². The highest BCUT2D eigenvalue weighted by atomic mass is 19.1. The number of nitrogens with one attached hydrogen (secondary N) is 2. The van der Waals surface area contributed by atoms with Gasteiger partial charge in [0.1, 0.15) is 12.4 Å². The number of anilines is 1. The average molecular weight is 495 g/mol. The highest BCUT2D eigenvalue weighted by Crippen LogP contribution is 2.17. The van der Waals surface area contributed by atoms with Crippen molar-refractivity contribution in [2.45, 2.75) is 53.2 Å². The number of benzene rings is 2. The van der Waals surface area contributed by atoms with Crippen LogP contribution in [-0.4, -0.2) is 36.6 Å². The molecule has 0 unspecified atom stereocenters. The predicted molar refractivity (Wildman–Crippen MR) is 134 cm³/mol. The number of hydrogen-bond acceptors (Lipinski definition) is 5. The van der Waals surface area contributed by atoms with E-state index in [-0.39, 0.29) is 51.5 Å². The number of nitrogens with zero attached hydrogens (tertiary/aromatic N) is 4. The molecule has 188 valence electrons. The van der Waals surface area contributed by atoms with Gasteiger partial charge in [-0.05, 0) is 70.5 Å². The smallest absolute Gasteiger partial charge is 0.350 e. The monoisotopic (exact) mass is 494 g/mol. The molecule has 4 aromatic rings. The molecule has 0 fully saturated rings. The Morgan fingerprint density at radius 2 is 1.78 bits per heavy atom. The molecule has 10 nitrogen and oxygen atoms in total. The molecular weight excluding hydrogens is 467 g/mol. The van der Waals surface area contributed by atoms with E-state index < -0.39 is 24.0 Å². The summed E-state index contributed by atoms with van der Waals surface area (Å²) in [6, 6.07) is 8.33. The number of aryl methyl sites for hydroxylation is 1. The fourth-order valence-electron chi connectivity index (χ4n) is 3.94. The van der Waals surface area contributed by atoms with Crippen molar-refractivity contribution in [3.05, 3.63) is 74.2 Å². The fraction of sp³-hybridized carbons (Fsp3) is 0.320. The van der Waals surface area contributed by atoms with Gasteiger partial charge in [0.15, 0.2) is 0 Å². The highest BCUT2D eigenvalue weighted by molar-refractivity contribution is 5.98. The zero-order chi connectivity index (χ0) is 26.3. The number of amides is 2. The maximum atomic E-state index is 13.8. The summed E-state index contributed by atoms with van der Waals surface area (Å²) in [5.41, 5.74) is 0.129. The first-order valence-corrected chi connectivity index (χ1v) is 11.5. The van der Waals surface area contributed by atoms with E-state index in [0.717, 1.165) is 4.68 Å². The molecule has 2 aromatic carbocycles. The number of halogens is 1. The van der Waals surface area contributed by atoms with Gasteiger partial charge in [-0.25, -0.2) is 18.3 Å². The number of hydrogen-bond donors (Lipinski definition) is 2. The van der Waals surface area contributed by atoms with Crippen molar-refractivity contribution in [3.8, 4) is 0 Å². The molecule has 0 saturated carbocycles. The van der Waals surface area contributed by atoms with Gasteiger partial charge in [-0.3, -0.25) is 19.0 Å². The Morgan fingerprint density at radius 1 is 1.06 bits per heavy atom. The lowest BCUT2D eigenvalue weighted by Crippen LogP contribution is -2.31. The van der Waals surface area contributed by atoms with Crippen molar-refractivity contribution in [1.29, 1.82) is 0 Å². The third-order valence-electron chi connectivity index (χ3n) is 5.67. The van der Waals surface area contributed by atoms with E-state index in [2.05, 4.69) is 15.7 Å². The molecule has 4 rings (SSSR count). The summed E-state index contributed by atoms with van der Waals surface area (Å²) in [4.78, 5) is 51.9. The van der Waals surface area contributed by atoms with Crippen molar-refractivity contribution in [2.24, 2.45) is 0 Å². The molecule has 0 saturated heterocycles. The number of rotatable bonds is 6. The fourth-order valence-corrected chi connectivity index (χ4v) is 3.94. The normalized spacial score (nSPS) is 11.6. The summed E-state index contributed by atoms with van der Waals surface area (Å²) < 4.78 is 17.4. The maximum absolute atomic E-state index is 13.8. The molecule has 2 N–H and O–H groups in total. The van der Waals surface area contributed by atoms with Crippen LogP contribution in [0.2, 0.25) is 0 Å². The van der Waals surface area contributed by atoms with Gasteiger partial charge >= 0.3 is 5.69 Å². The molecule has 0 aliphatic heterocycles. The van der Waals surface area contributed by atoms with Crippen molar-refractivity contribution < 1.29 is 14.0 Å². The van der Waals surface area contributed by atoms with Crippen LogP contribution in [0.4, 0.5) is 10.1 Å². The maximum Gasteiger partial charge on any atom is 0.352 e. The van der Waals surface area contributed by atoms with Crippen LogP contribution in [0.1, 0.15) is 49.7 Å². The second-order valence-electron chi connectivity index (χ2n) is 9.22. The van der Waals surface area contributed by atoms with E-state index in [1.54, 1.807) is 26.8 Å². The largest absolute Gasteiger partial charge is 0.352 e. The second-order valence-corrected chi connectivity index (χ2v) is 9.22. The Morgan fingerprint density at radius 3 is 2.42 bits per heavy atom. The lowest BCUT2D eigenvalue weighted by Gasteiger charge is -2.13. The summed E-state index contributed by atoms with van der Waals surface area (Å²) in [5, 5.41) is 9.84. The summed E-state index contributed by atoms with van der Waals surface area (Å²) >= 11 is 0. The van der Waals surface area contributed by atoms with Crippen LogP contribution in [0.3, 0.4) is 0 Å². The minimum absolute atomic E-state index is 0.0445. The zero-order valence-corrected chi connectivity index (χ0v) is 20.6. The first-order valence-electron chi connectivity index (χ1n) is 11.5. The lowest BCUT2D eigenvalue weighted by atomic mass is 10.1. The molecule has 0 atom stereocenters. The van der Waals surface area contributed by atoms with Crippen LogP contribution < -0.4 is 21.9 Å². The molecule has 36 heavy (non-hydrogen) atoms. The summed E-state index contributed by atoms with van der Waals surface area (Å²) in [7, 11) is 0. The third kappa shape index (κ3) is 4.51. The van der Waals surface area contributed by atoms with Gasteiger partial charge in [-0.1, -0.05) is 6.07 Å². The van der Waals surface area contributed by atoms with E-state index in [4.69, 9.17) is 0 Å². The van der Waals surface area contributed by atoms with Gasteiger partial charge in [-0.15, -0.1) is 5.10 Å². The number of carbonyl (C=O) groups excluding carboxylic acids is 2. The molecule has 0 spiro atoms. The number of aromatic nitrogens is 4. The van der Waals surface area contributed by atoms with Gasteiger partial charge < -0.3 is 10.6 Å². The standard InChI is InChI=1S/C25H27FN6O4/c1-13(2)27-22(34)16-7-9-18-20(10-16)32-24(31(14(3)4)23(18)35)29-30(25(32)36)12-21(33)28-17-8-6-15(5)19(26)11-17/h6-11,13-14H,12H2,1-5H3,(H,27,34)(H,28,33). The van der Waals surface area contributed by atoms with E-state index in [1.807, 2.05) is 13.8 Å². The highest BCUT2D eigenvalue weighted by Gasteiger charge is 2.21. The summed E-state index contributed by atoms with van der Waals surface area (Å²) in [6.45, 7) is 8.34. The predicted octanol–water partition coefficient (Wildman–Crippen LogP) is 2.62. The molecule has 0 aliphatic carbocycles. The van der Waals surface area contributed by atoms with Crippen molar-refractivity contribution >= 4 is 34.2 Å². The van der Waals surface area contributed by atoms with Crippen LogP contribution in [0.15, 0.2) is 46.0 Å². The van der Waals surface area contributed by atoms with Gasteiger partial charge in [0.25, 0.3) is 11.5 Å². The Kier molecular flexibility index (Phi) is 6.49. The van der Waals surface area contributed by atoms with Crippen LogP contribution in [0.25, 0.3) is 16.7 Å². The molecule has 2 aromatic heterocycles. The first kappa shape index (κ1) is 24.8. The number of fused-ring (bicyclic) bond motifs is 3.